The van der Waals surface area contributed by atoms with Gasteiger partial charge in [-0.1, -0.05) is 0 Å². The Morgan fingerprint density at radius 1 is 1.38 bits per heavy atom. The minimum absolute atomic E-state index is 0.330. The average molecular weight is 200 g/mol. The van der Waals surface area contributed by atoms with E-state index >= 15 is 0 Å². The minimum Gasteiger partial charge on any atom is -0.494 e. The molecule has 3 nitrogen and oxygen atoms in total. The zero-order chi connectivity index (χ0) is 9.84. The standard InChI is InChI=1S/C9H12O3S/c1-3-12-9-5-4-8(13(10)11)6-7(9)2/h4-6,13H,3H2,1-2H3. The maximum atomic E-state index is 10.6. The van der Waals surface area contributed by atoms with E-state index in [0.717, 1.165) is 11.3 Å². The first-order valence-corrected chi connectivity index (χ1v) is 5.20. The van der Waals surface area contributed by atoms with Crippen LogP contribution in [0.2, 0.25) is 0 Å². The first-order valence-electron chi connectivity index (χ1n) is 4.03. The van der Waals surface area contributed by atoms with Crippen molar-refractivity contribution in [2.45, 2.75) is 18.7 Å². The van der Waals surface area contributed by atoms with Crippen LogP contribution in [0.15, 0.2) is 23.1 Å². The second-order valence-electron chi connectivity index (χ2n) is 2.64. The fourth-order valence-corrected chi connectivity index (χ4v) is 1.56. The molecule has 0 unspecified atom stereocenters. The third-order valence-corrected chi connectivity index (χ3v) is 2.37. The van der Waals surface area contributed by atoms with E-state index in [2.05, 4.69) is 0 Å². The number of hydrogen-bond donors (Lipinski definition) is 1. The Bertz CT molecular complexity index is 361. The minimum atomic E-state index is -2.49. The van der Waals surface area contributed by atoms with Crippen molar-refractivity contribution in [1.82, 2.24) is 0 Å². The predicted molar refractivity (Wildman–Crippen MR) is 50.9 cm³/mol. The van der Waals surface area contributed by atoms with Gasteiger partial charge in [-0.3, -0.25) is 0 Å². The van der Waals surface area contributed by atoms with Crippen LogP contribution in [-0.4, -0.2) is 15.0 Å². The summed E-state index contributed by atoms with van der Waals surface area (Å²) in [5.41, 5.74) is 0.846. The molecule has 4 heteroatoms. The molecule has 0 radical (unpaired) electrons. The van der Waals surface area contributed by atoms with E-state index < -0.39 is 10.7 Å². The molecule has 0 heterocycles. The van der Waals surface area contributed by atoms with Gasteiger partial charge in [-0.2, -0.15) is 0 Å². The summed E-state index contributed by atoms with van der Waals surface area (Å²) >= 11 is 0. The summed E-state index contributed by atoms with van der Waals surface area (Å²) in [5, 5.41) is 0. The zero-order valence-corrected chi connectivity index (χ0v) is 8.51. The lowest BCUT2D eigenvalue weighted by Crippen LogP contribution is -1.94. The first kappa shape index (κ1) is 10.1. The van der Waals surface area contributed by atoms with Crippen LogP contribution in [0.3, 0.4) is 0 Å². The van der Waals surface area contributed by atoms with Crippen LogP contribution in [0.25, 0.3) is 0 Å². The molecule has 0 N–H and O–H groups in total. The molecular formula is C9H12O3S. The molecule has 0 saturated heterocycles. The largest absolute Gasteiger partial charge is 0.494 e. The van der Waals surface area contributed by atoms with E-state index in [1.165, 1.54) is 0 Å². The van der Waals surface area contributed by atoms with Gasteiger partial charge in [0, 0.05) is 0 Å². The highest BCUT2D eigenvalue weighted by atomic mass is 32.2. The molecule has 1 rings (SSSR count). The van der Waals surface area contributed by atoms with Gasteiger partial charge >= 0.3 is 0 Å². The van der Waals surface area contributed by atoms with Gasteiger partial charge in [-0.15, -0.1) is 0 Å². The van der Waals surface area contributed by atoms with Crippen molar-refractivity contribution >= 4 is 10.7 Å². The van der Waals surface area contributed by atoms with Gasteiger partial charge in [0.2, 0.25) is 0 Å². The summed E-state index contributed by atoms with van der Waals surface area (Å²) < 4.78 is 26.5. The Hall–Kier alpha value is -1.03. The highest BCUT2D eigenvalue weighted by molar-refractivity contribution is 7.72. The van der Waals surface area contributed by atoms with Crippen molar-refractivity contribution < 1.29 is 13.2 Å². The van der Waals surface area contributed by atoms with Gasteiger partial charge in [0.05, 0.1) is 11.5 Å². The molecule has 0 bridgehead atoms. The van der Waals surface area contributed by atoms with Gasteiger partial charge in [0.1, 0.15) is 5.75 Å². The number of benzene rings is 1. The fourth-order valence-electron chi connectivity index (χ4n) is 1.06. The maximum Gasteiger partial charge on any atom is 0.168 e. The summed E-state index contributed by atoms with van der Waals surface area (Å²) in [6.07, 6.45) is 0. The third-order valence-electron chi connectivity index (χ3n) is 1.67. The van der Waals surface area contributed by atoms with Crippen LogP contribution < -0.4 is 4.74 Å². The molecule has 1 aromatic rings. The molecule has 0 spiro atoms. The van der Waals surface area contributed by atoms with Crippen molar-refractivity contribution in [3.05, 3.63) is 23.8 Å². The smallest absolute Gasteiger partial charge is 0.168 e. The van der Waals surface area contributed by atoms with Gasteiger partial charge in [-0.05, 0) is 37.6 Å². The molecule has 0 saturated carbocycles. The SMILES string of the molecule is CCOc1ccc([SH](=O)=O)cc1C. The molecule has 0 aliphatic rings. The number of rotatable bonds is 3. The molecule has 0 amide bonds. The molecule has 0 atom stereocenters. The second kappa shape index (κ2) is 4.28. The lowest BCUT2D eigenvalue weighted by atomic mass is 10.2. The normalized spacial score (nSPS) is 10.4. The third kappa shape index (κ3) is 2.45. The van der Waals surface area contributed by atoms with Crippen LogP contribution in [-0.2, 0) is 10.7 Å². The van der Waals surface area contributed by atoms with Gasteiger partial charge < -0.3 is 4.74 Å². The van der Waals surface area contributed by atoms with Crippen molar-refractivity contribution in [2.75, 3.05) is 6.61 Å². The summed E-state index contributed by atoms with van der Waals surface area (Å²) in [6, 6.07) is 4.83. The van der Waals surface area contributed by atoms with Gasteiger partial charge in [-0.25, -0.2) is 8.42 Å². The van der Waals surface area contributed by atoms with Crippen LogP contribution in [0.5, 0.6) is 5.75 Å². The van der Waals surface area contributed by atoms with Gasteiger partial charge in [0.25, 0.3) is 0 Å². The molecule has 0 aliphatic carbocycles. The predicted octanol–water partition coefficient (Wildman–Crippen LogP) is 1.36. The number of hydrogen-bond acceptors (Lipinski definition) is 3. The number of thiol groups is 1. The fraction of sp³-hybridized carbons (Fsp3) is 0.333. The Morgan fingerprint density at radius 2 is 2.08 bits per heavy atom. The number of aryl methyl sites for hydroxylation is 1. The second-order valence-corrected chi connectivity index (χ2v) is 3.67. The lowest BCUT2D eigenvalue weighted by Gasteiger charge is -2.06. The highest BCUT2D eigenvalue weighted by Crippen LogP contribution is 2.19. The quantitative estimate of drug-likeness (QED) is 0.749. The Morgan fingerprint density at radius 3 is 2.54 bits per heavy atom. The molecule has 0 aliphatic heterocycles. The molecule has 0 fully saturated rings. The lowest BCUT2D eigenvalue weighted by molar-refractivity contribution is 0.337. The van der Waals surface area contributed by atoms with Crippen molar-refractivity contribution in [3.8, 4) is 5.75 Å². The Labute approximate surface area is 79.3 Å². The summed E-state index contributed by atoms with van der Waals surface area (Å²) in [4.78, 5) is 0.330. The first-order chi connectivity index (χ1) is 6.15. The molecule has 72 valence electrons. The van der Waals surface area contributed by atoms with Crippen molar-refractivity contribution in [1.29, 1.82) is 0 Å². The summed E-state index contributed by atoms with van der Waals surface area (Å²) in [5.74, 6) is 0.739. The zero-order valence-electron chi connectivity index (χ0n) is 7.61. The summed E-state index contributed by atoms with van der Waals surface area (Å²) in [6.45, 7) is 4.30. The van der Waals surface area contributed by atoms with E-state index in [1.54, 1.807) is 18.2 Å². The maximum absolute atomic E-state index is 10.6. The van der Waals surface area contributed by atoms with Gasteiger partial charge in [0.15, 0.2) is 10.7 Å². The number of ether oxygens (including phenoxy) is 1. The van der Waals surface area contributed by atoms with Crippen molar-refractivity contribution in [3.63, 3.8) is 0 Å². The van der Waals surface area contributed by atoms with E-state index in [1.807, 2.05) is 13.8 Å². The average Bonchev–Trinajstić information content (AvgIpc) is 2.08. The topological polar surface area (TPSA) is 43.4 Å². The Balaban J connectivity index is 3.05. The van der Waals surface area contributed by atoms with E-state index in [-0.39, 0.29) is 0 Å². The van der Waals surface area contributed by atoms with E-state index in [4.69, 9.17) is 4.74 Å². The van der Waals surface area contributed by atoms with Crippen LogP contribution >= 0.6 is 0 Å². The Kier molecular flexibility index (Phi) is 3.31. The summed E-state index contributed by atoms with van der Waals surface area (Å²) in [7, 11) is -2.49. The van der Waals surface area contributed by atoms with Crippen molar-refractivity contribution in [2.24, 2.45) is 0 Å². The van der Waals surface area contributed by atoms with E-state index in [0.29, 0.717) is 11.5 Å². The van der Waals surface area contributed by atoms with E-state index in [9.17, 15) is 8.42 Å². The molecule has 1 aromatic carbocycles. The molecule has 13 heavy (non-hydrogen) atoms. The van der Waals surface area contributed by atoms with Crippen LogP contribution in [0, 0.1) is 6.92 Å². The van der Waals surface area contributed by atoms with Crippen LogP contribution in [0.4, 0.5) is 0 Å². The highest BCUT2D eigenvalue weighted by Gasteiger charge is 2.01. The van der Waals surface area contributed by atoms with Crippen LogP contribution in [0.1, 0.15) is 12.5 Å². The molecular weight excluding hydrogens is 188 g/mol. The molecule has 0 aromatic heterocycles. The monoisotopic (exact) mass is 200 g/mol.